The van der Waals surface area contributed by atoms with Gasteiger partial charge in [0.05, 0.1) is 21.8 Å². The Hall–Kier alpha value is -2.05. The number of carbonyl (C=O) groups excluding carboxylic acids is 1. The Balaban J connectivity index is 1.77. The Morgan fingerprint density at radius 2 is 2.24 bits per heavy atom. The van der Waals surface area contributed by atoms with Gasteiger partial charge in [0.2, 0.25) is 0 Å². The van der Waals surface area contributed by atoms with Crippen LogP contribution in [0.2, 0.25) is 0 Å². The number of ketones is 1. The minimum atomic E-state index is -0.0497. The van der Waals surface area contributed by atoms with Crippen LogP contribution in [0.4, 0.5) is 0 Å². The van der Waals surface area contributed by atoms with Crippen molar-refractivity contribution in [3.63, 3.8) is 0 Å². The van der Waals surface area contributed by atoms with Gasteiger partial charge in [-0.25, -0.2) is 4.98 Å². The number of aromatic nitrogens is 3. The molecule has 0 spiro atoms. The van der Waals surface area contributed by atoms with Crippen molar-refractivity contribution < 1.29 is 4.79 Å². The molecule has 0 N–H and O–H groups in total. The first kappa shape index (κ1) is 13.9. The molecule has 3 rings (SSSR count). The third-order valence-electron chi connectivity index (χ3n) is 2.94. The number of hydrogen-bond acceptors (Lipinski definition) is 5. The van der Waals surface area contributed by atoms with Crippen molar-refractivity contribution in [3.8, 4) is 9.88 Å². The highest BCUT2D eigenvalue weighted by molar-refractivity contribution is 7.20. The summed E-state index contributed by atoms with van der Waals surface area (Å²) in [6.45, 7) is 1.83. The molecule has 3 aromatic rings. The number of carbonyl (C=O) groups is 1. The number of rotatable bonds is 4. The van der Waals surface area contributed by atoms with Gasteiger partial charge < -0.3 is 0 Å². The van der Waals surface area contributed by atoms with Crippen LogP contribution in [0.15, 0.2) is 35.2 Å². The van der Waals surface area contributed by atoms with Crippen molar-refractivity contribution in [2.75, 3.05) is 0 Å². The third kappa shape index (κ3) is 3.01. The van der Waals surface area contributed by atoms with Crippen LogP contribution in [0, 0.1) is 6.92 Å². The second kappa shape index (κ2) is 5.75. The van der Waals surface area contributed by atoms with E-state index in [0.29, 0.717) is 5.56 Å². The number of aryl methyl sites for hydroxylation is 2. The summed E-state index contributed by atoms with van der Waals surface area (Å²) in [5.41, 5.74) is 2.17. The molecule has 0 aliphatic rings. The van der Waals surface area contributed by atoms with Crippen molar-refractivity contribution in [2.24, 2.45) is 7.05 Å². The van der Waals surface area contributed by atoms with Gasteiger partial charge in [-0.05, 0) is 30.5 Å². The van der Waals surface area contributed by atoms with Gasteiger partial charge in [-0.15, -0.1) is 22.7 Å². The van der Waals surface area contributed by atoms with E-state index in [4.69, 9.17) is 0 Å². The van der Waals surface area contributed by atoms with Crippen LogP contribution >= 0.6 is 22.7 Å². The van der Waals surface area contributed by atoms with Crippen LogP contribution < -0.4 is 0 Å². The van der Waals surface area contributed by atoms with Crippen molar-refractivity contribution >= 4 is 34.5 Å². The highest BCUT2D eigenvalue weighted by Gasteiger charge is 2.10. The number of allylic oxidation sites excluding steroid dienone is 1. The molecule has 0 saturated heterocycles. The number of thiophene rings is 1. The average Bonchev–Trinajstić information content (AvgIpc) is 3.15. The quantitative estimate of drug-likeness (QED) is 0.543. The predicted molar refractivity (Wildman–Crippen MR) is 86.7 cm³/mol. The maximum Gasteiger partial charge on any atom is 0.189 e. The van der Waals surface area contributed by atoms with E-state index in [9.17, 15) is 4.79 Å². The standard InChI is InChI=1S/C15H13N3OS2/c1-10-12(8-18(2)17-10)13(19)6-5-11-9-21-15(16-11)14-4-3-7-20-14/h3-9H,1-2H3. The van der Waals surface area contributed by atoms with Crippen molar-refractivity contribution in [2.45, 2.75) is 6.92 Å². The van der Waals surface area contributed by atoms with Gasteiger partial charge in [0.15, 0.2) is 5.78 Å². The van der Waals surface area contributed by atoms with E-state index in [1.807, 2.05) is 29.8 Å². The maximum absolute atomic E-state index is 12.1. The minimum Gasteiger partial charge on any atom is -0.289 e. The van der Waals surface area contributed by atoms with Crippen LogP contribution in [-0.4, -0.2) is 20.5 Å². The van der Waals surface area contributed by atoms with Crippen molar-refractivity contribution in [1.82, 2.24) is 14.8 Å². The number of thiazole rings is 1. The van der Waals surface area contributed by atoms with Crippen LogP contribution in [0.5, 0.6) is 0 Å². The van der Waals surface area contributed by atoms with Crippen molar-refractivity contribution in [1.29, 1.82) is 0 Å². The molecule has 0 aliphatic carbocycles. The normalized spacial score (nSPS) is 11.3. The van der Waals surface area contributed by atoms with E-state index in [1.165, 1.54) is 0 Å². The van der Waals surface area contributed by atoms with Gasteiger partial charge in [0.25, 0.3) is 0 Å². The van der Waals surface area contributed by atoms with Crippen LogP contribution in [-0.2, 0) is 7.05 Å². The molecule has 0 aromatic carbocycles. The molecule has 0 unspecified atom stereocenters. The lowest BCUT2D eigenvalue weighted by atomic mass is 10.1. The molecular weight excluding hydrogens is 302 g/mol. The molecule has 4 nitrogen and oxygen atoms in total. The summed E-state index contributed by atoms with van der Waals surface area (Å²) in [4.78, 5) is 17.8. The molecule has 0 atom stereocenters. The Labute approximate surface area is 130 Å². The maximum atomic E-state index is 12.1. The Morgan fingerprint density at radius 3 is 2.90 bits per heavy atom. The van der Waals surface area contributed by atoms with Crippen LogP contribution in [0.25, 0.3) is 16.0 Å². The lowest BCUT2D eigenvalue weighted by molar-refractivity contribution is 0.104. The van der Waals surface area contributed by atoms with Gasteiger partial charge in [-0.1, -0.05) is 6.07 Å². The molecule has 21 heavy (non-hydrogen) atoms. The monoisotopic (exact) mass is 315 g/mol. The first-order chi connectivity index (χ1) is 10.1. The van der Waals surface area contributed by atoms with Crippen LogP contribution in [0.3, 0.4) is 0 Å². The third-order valence-corrected chi connectivity index (χ3v) is 4.84. The van der Waals surface area contributed by atoms with Gasteiger partial charge in [0, 0.05) is 18.6 Å². The van der Waals surface area contributed by atoms with Gasteiger partial charge in [-0.3, -0.25) is 9.48 Å². The SMILES string of the molecule is Cc1nn(C)cc1C(=O)C=Cc1csc(-c2cccs2)n1. The van der Waals surface area contributed by atoms with Gasteiger partial charge in [-0.2, -0.15) is 5.10 Å². The van der Waals surface area contributed by atoms with Crippen LogP contribution in [0.1, 0.15) is 21.7 Å². The van der Waals surface area contributed by atoms with E-state index in [2.05, 4.69) is 10.1 Å². The molecule has 0 saturated carbocycles. The van der Waals surface area contributed by atoms with Gasteiger partial charge in [0.1, 0.15) is 5.01 Å². The molecule has 6 heteroatoms. The second-order valence-electron chi connectivity index (χ2n) is 4.55. The topological polar surface area (TPSA) is 47.8 Å². The molecule has 3 heterocycles. The first-order valence-corrected chi connectivity index (χ1v) is 8.11. The van der Waals surface area contributed by atoms with E-state index in [1.54, 1.807) is 52.8 Å². The van der Waals surface area contributed by atoms with E-state index >= 15 is 0 Å². The zero-order valence-corrected chi connectivity index (χ0v) is 13.2. The molecule has 3 aromatic heterocycles. The number of nitrogens with zero attached hydrogens (tertiary/aromatic N) is 3. The highest BCUT2D eigenvalue weighted by atomic mass is 32.1. The van der Waals surface area contributed by atoms with E-state index in [0.717, 1.165) is 21.3 Å². The van der Waals surface area contributed by atoms with Gasteiger partial charge >= 0.3 is 0 Å². The summed E-state index contributed by atoms with van der Waals surface area (Å²) >= 11 is 3.24. The largest absolute Gasteiger partial charge is 0.289 e. The second-order valence-corrected chi connectivity index (χ2v) is 6.36. The first-order valence-electron chi connectivity index (χ1n) is 6.35. The molecule has 0 aliphatic heterocycles. The smallest absolute Gasteiger partial charge is 0.189 e. The summed E-state index contributed by atoms with van der Waals surface area (Å²) < 4.78 is 1.65. The predicted octanol–water partition coefficient (Wildman–Crippen LogP) is 3.81. The zero-order valence-electron chi connectivity index (χ0n) is 11.6. The molecular formula is C15H13N3OS2. The molecule has 0 fully saturated rings. The molecule has 0 bridgehead atoms. The minimum absolute atomic E-state index is 0.0497. The fourth-order valence-electron chi connectivity index (χ4n) is 1.97. The highest BCUT2D eigenvalue weighted by Crippen LogP contribution is 2.28. The Morgan fingerprint density at radius 1 is 1.38 bits per heavy atom. The van der Waals surface area contributed by atoms with Crippen molar-refractivity contribution in [3.05, 3.63) is 52.1 Å². The molecule has 0 radical (unpaired) electrons. The fraction of sp³-hybridized carbons (Fsp3) is 0.133. The summed E-state index contributed by atoms with van der Waals surface area (Å²) in [6, 6.07) is 4.05. The Bertz CT molecular complexity index is 797. The lowest BCUT2D eigenvalue weighted by Crippen LogP contribution is -1.94. The zero-order chi connectivity index (χ0) is 14.8. The summed E-state index contributed by atoms with van der Waals surface area (Å²) in [7, 11) is 1.81. The fourth-order valence-corrected chi connectivity index (χ4v) is 3.57. The Kier molecular flexibility index (Phi) is 3.81. The molecule has 0 amide bonds. The summed E-state index contributed by atoms with van der Waals surface area (Å²) in [5.74, 6) is -0.0497. The summed E-state index contributed by atoms with van der Waals surface area (Å²) in [5, 5.41) is 9.14. The van der Waals surface area contributed by atoms with E-state index < -0.39 is 0 Å². The summed E-state index contributed by atoms with van der Waals surface area (Å²) in [6.07, 6.45) is 5.04. The van der Waals surface area contributed by atoms with E-state index in [-0.39, 0.29) is 5.78 Å². The average molecular weight is 315 g/mol. The number of hydrogen-bond donors (Lipinski definition) is 0. The lowest BCUT2D eigenvalue weighted by Gasteiger charge is -1.90. The molecule has 106 valence electrons.